The normalized spacial score (nSPS) is 57.1. The molecule has 4 saturated carbocycles. The molecule has 14 nitrogen and oxygen atoms in total. The number of carbonyl (C=O) groups excluding carboxylic acids is 1. The van der Waals surface area contributed by atoms with E-state index in [1.807, 2.05) is 0 Å². The lowest BCUT2D eigenvalue weighted by Gasteiger charge is -2.73. The van der Waals surface area contributed by atoms with Crippen molar-refractivity contribution < 1.29 is 69.0 Å². The summed E-state index contributed by atoms with van der Waals surface area (Å²) in [7, 11) is 0. The van der Waals surface area contributed by atoms with Crippen LogP contribution in [0.15, 0.2) is 12.2 Å². The van der Waals surface area contributed by atoms with Crippen molar-refractivity contribution >= 4 is 5.97 Å². The zero-order valence-electron chi connectivity index (χ0n) is 35.6. The molecule has 7 N–H and O–H groups in total. The van der Waals surface area contributed by atoms with Gasteiger partial charge >= 0.3 is 5.97 Å². The molecule has 1 spiro atoms. The summed E-state index contributed by atoms with van der Waals surface area (Å²) >= 11 is 0. The fourth-order valence-electron chi connectivity index (χ4n) is 14.6. The maximum atomic E-state index is 12.2. The van der Waals surface area contributed by atoms with Gasteiger partial charge in [-0.15, -0.1) is 0 Å². The van der Waals surface area contributed by atoms with Crippen LogP contribution in [0.25, 0.3) is 0 Å². The highest BCUT2D eigenvalue weighted by Crippen LogP contribution is 2.79. The van der Waals surface area contributed by atoms with Crippen LogP contribution >= 0.6 is 0 Å². The van der Waals surface area contributed by atoms with Gasteiger partial charge < -0.3 is 64.2 Å². The van der Waals surface area contributed by atoms with Gasteiger partial charge in [-0.05, 0) is 86.4 Å². The predicted octanol–water partition coefficient (Wildman–Crippen LogP) is 2.35. The van der Waals surface area contributed by atoms with Gasteiger partial charge in [0.2, 0.25) is 0 Å². The van der Waals surface area contributed by atoms with E-state index in [1.165, 1.54) is 0 Å². The highest BCUT2D eigenvalue weighted by atomic mass is 16.7. The van der Waals surface area contributed by atoms with Crippen LogP contribution in [0.5, 0.6) is 0 Å². The number of allylic oxidation sites excluding steroid dienone is 1. The van der Waals surface area contributed by atoms with Gasteiger partial charge in [-0.3, -0.25) is 4.79 Å². The number of esters is 1. The number of ether oxygens (including phenoxy) is 6. The fourth-order valence-corrected chi connectivity index (χ4v) is 14.6. The van der Waals surface area contributed by atoms with Crippen LogP contribution in [0.3, 0.4) is 0 Å². The van der Waals surface area contributed by atoms with E-state index < -0.39 is 97.2 Å². The number of fused-ring (bicyclic) bond motifs is 4. The topological polar surface area (TPSA) is 214 Å². The Bertz CT molecular complexity index is 1610. The van der Waals surface area contributed by atoms with Crippen LogP contribution < -0.4 is 0 Å². The van der Waals surface area contributed by atoms with Gasteiger partial charge in [0.25, 0.3) is 0 Å². The Kier molecular flexibility index (Phi) is 10.8. The lowest BCUT2D eigenvalue weighted by molar-refractivity contribution is -0.367. The Morgan fingerprint density at radius 1 is 0.793 bits per heavy atom. The Labute approximate surface area is 342 Å². The van der Waals surface area contributed by atoms with Gasteiger partial charge in [0.1, 0.15) is 36.6 Å². The Morgan fingerprint density at radius 3 is 2.16 bits per heavy atom. The highest BCUT2D eigenvalue weighted by Gasteiger charge is 2.79. The van der Waals surface area contributed by atoms with Crippen molar-refractivity contribution in [2.24, 2.45) is 50.2 Å². The van der Waals surface area contributed by atoms with Crippen molar-refractivity contribution in [1.82, 2.24) is 0 Å². The molecular weight excluding hydrogens is 752 g/mol. The fraction of sp³-hybridized carbons (Fsp3) is 0.932. The van der Waals surface area contributed by atoms with Crippen molar-refractivity contribution in [3.8, 4) is 0 Å². The standard InChI is InChI=1S/C44H70O14/c1-22-30(49)34(58-37-33(52)35(55-23(2)47)31(50)24(19-45)56-37)32(51)36(54-22)57-29-11-12-39(5)25(40(29,6)20-46)9-13-41(7)26(39)10-14-44-27-17-38(3,4)15-16-43(27,21-53-44)28(48)18-42(41,44)8/h10,14,22,24-37,45-46,48-52H,9,11-13,15-21H2,1-8H3. The number of aliphatic hydroxyl groups excluding tert-OH is 7. The molecule has 8 aliphatic rings. The Balaban J connectivity index is 1.04. The lowest BCUT2D eigenvalue weighted by atomic mass is 9.32. The zero-order valence-corrected chi connectivity index (χ0v) is 35.6. The largest absolute Gasteiger partial charge is 0.457 e. The van der Waals surface area contributed by atoms with Gasteiger partial charge in [0.05, 0.1) is 43.7 Å². The maximum absolute atomic E-state index is 12.2. The quantitative estimate of drug-likeness (QED) is 0.112. The van der Waals surface area contributed by atoms with Crippen LogP contribution in [0, 0.1) is 50.2 Å². The molecule has 0 aromatic heterocycles. The first kappa shape index (κ1) is 43.4. The summed E-state index contributed by atoms with van der Waals surface area (Å²) in [6.45, 7) is 16.4. The Hall–Kier alpha value is -1.27. The van der Waals surface area contributed by atoms with Gasteiger partial charge in [-0.1, -0.05) is 53.7 Å². The molecule has 3 aliphatic heterocycles. The van der Waals surface area contributed by atoms with Crippen LogP contribution in [0.4, 0.5) is 0 Å². The Morgan fingerprint density at radius 2 is 1.48 bits per heavy atom. The average molecular weight is 823 g/mol. The molecule has 58 heavy (non-hydrogen) atoms. The van der Waals surface area contributed by atoms with Crippen LogP contribution in [0.1, 0.15) is 107 Å². The summed E-state index contributed by atoms with van der Waals surface area (Å²) in [5, 5.41) is 77.9. The molecule has 21 atom stereocenters. The predicted molar refractivity (Wildman–Crippen MR) is 206 cm³/mol. The van der Waals surface area contributed by atoms with Crippen molar-refractivity contribution in [3.63, 3.8) is 0 Å². The van der Waals surface area contributed by atoms with Crippen LogP contribution in [-0.2, 0) is 33.2 Å². The first-order valence-electron chi connectivity index (χ1n) is 21.8. The second-order valence-electron chi connectivity index (χ2n) is 21.5. The minimum absolute atomic E-state index is 0.0245. The van der Waals surface area contributed by atoms with Gasteiger partial charge in [0, 0.05) is 29.1 Å². The van der Waals surface area contributed by atoms with Crippen LogP contribution in [0.2, 0.25) is 0 Å². The third-order valence-corrected chi connectivity index (χ3v) is 18.2. The number of hydrogen-bond donors (Lipinski definition) is 7. The second kappa shape index (κ2) is 14.4. The SMILES string of the molecule is CC(=O)OC1C(O)C(CO)OC(OC2C(O)C(C)OC(OC3CCC4(C)C(CCC5(C)C4C=CC46OCC7(CCC(C)(C)CC74)C(O)CC56C)C3(C)CO)C2O)C1O. The molecule has 0 radical (unpaired) electrons. The summed E-state index contributed by atoms with van der Waals surface area (Å²) in [4.78, 5) is 11.8. The minimum atomic E-state index is -1.72. The van der Waals surface area contributed by atoms with Crippen molar-refractivity contribution in [3.05, 3.63) is 12.2 Å². The van der Waals surface area contributed by atoms with E-state index in [9.17, 15) is 40.5 Å². The van der Waals surface area contributed by atoms with E-state index >= 15 is 0 Å². The first-order valence-corrected chi connectivity index (χ1v) is 21.8. The first-order chi connectivity index (χ1) is 27.1. The van der Waals surface area contributed by atoms with Crippen molar-refractivity contribution in [2.45, 2.75) is 186 Å². The summed E-state index contributed by atoms with van der Waals surface area (Å²) in [6, 6.07) is 0. The number of aliphatic hydroxyl groups is 7. The molecule has 3 heterocycles. The van der Waals surface area contributed by atoms with Crippen LogP contribution in [-0.4, -0.2) is 141 Å². The monoisotopic (exact) mass is 822 g/mol. The van der Waals surface area contributed by atoms with E-state index in [-0.39, 0.29) is 51.4 Å². The molecule has 21 unspecified atom stereocenters. The summed E-state index contributed by atoms with van der Waals surface area (Å²) < 4.78 is 36.6. The molecule has 7 fully saturated rings. The molecule has 3 saturated heterocycles. The van der Waals surface area contributed by atoms with Crippen molar-refractivity contribution in [1.29, 1.82) is 0 Å². The molecule has 0 aromatic carbocycles. The number of carbonyl (C=O) groups is 1. The molecule has 2 bridgehead atoms. The van der Waals surface area contributed by atoms with E-state index in [1.54, 1.807) is 6.92 Å². The van der Waals surface area contributed by atoms with Gasteiger partial charge in [0.15, 0.2) is 18.7 Å². The van der Waals surface area contributed by atoms with Gasteiger partial charge in [-0.25, -0.2) is 0 Å². The third kappa shape index (κ3) is 5.89. The molecule has 0 amide bonds. The summed E-state index contributed by atoms with van der Waals surface area (Å²) in [6.07, 6.45) is -3.53. The zero-order chi connectivity index (χ0) is 42.2. The molecule has 5 aliphatic carbocycles. The molecule has 14 heteroatoms. The average Bonchev–Trinajstić information content (AvgIpc) is 3.44. The highest BCUT2D eigenvalue weighted by molar-refractivity contribution is 5.66. The molecule has 0 aromatic rings. The lowest BCUT2D eigenvalue weighted by Crippen LogP contribution is -2.72. The molecule has 8 rings (SSSR count). The summed E-state index contributed by atoms with van der Waals surface area (Å²) in [5.74, 6) is -0.369. The van der Waals surface area contributed by atoms with E-state index in [0.717, 1.165) is 45.4 Å². The second-order valence-corrected chi connectivity index (χ2v) is 21.5. The third-order valence-electron chi connectivity index (χ3n) is 18.2. The molecule has 330 valence electrons. The van der Waals surface area contributed by atoms with E-state index in [4.69, 9.17) is 28.4 Å². The van der Waals surface area contributed by atoms with Crippen molar-refractivity contribution in [2.75, 3.05) is 19.8 Å². The number of rotatable bonds is 7. The maximum Gasteiger partial charge on any atom is 0.303 e. The smallest absolute Gasteiger partial charge is 0.303 e. The number of hydrogen-bond acceptors (Lipinski definition) is 14. The van der Waals surface area contributed by atoms with E-state index in [2.05, 4.69) is 53.7 Å². The summed E-state index contributed by atoms with van der Waals surface area (Å²) in [5.41, 5.74) is -1.99. The van der Waals surface area contributed by atoms with E-state index in [0.29, 0.717) is 19.4 Å². The van der Waals surface area contributed by atoms with Gasteiger partial charge in [-0.2, -0.15) is 0 Å². The molecular formula is C44H70O14. The minimum Gasteiger partial charge on any atom is -0.457 e.